The number of ether oxygens (including phenoxy) is 1. The largest absolute Gasteiger partial charge is 0.375 e. The maximum absolute atomic E-state index is 12.6. The van der Waals surface area contributed by atoms with Crippen molar-refractivity contribution in [1.29, 1.82) is 0 Å². The predicted octanol–water partition coefficient (Wildman–Crippen LogP) is 2.02. The quantitative estimate of drug-likeness (QED) is 0.857. The van der Waals surface area contributed by atoms with Gasteiger partial charge in [-0.25, -0.2) is 15.0 Å². The molecule has 1 atom stereocenters. The van der Waals surface area contributed by atoms with E-state index in [1.807, 2.05) is 24.8 Å². The molecule has 0 N–H and O–H groups in total. The van der Waals surface area contributed by atoms with Gasteiger partial charge in [0.05, 0.1) is 23.9 Å². The Morgan fingerprint density at radius 3 is 3.00 bits per heavy atom. The molecule has 2 aromatic rings. The van der Waals surface area contributed by atoms with E-state index in [0.29, 0.717) is 19.7 Å². The van der Waals surface area contributed by atoms with E-state index in [4.69, 9.17) is 4.74 Å². The van der Waals surface area contributed by atoms with Crippen LogP contribution in [0.1, 0.15) is 33.2 Å². The highest BCUT2D eigenvalue weighted by Gasteiger charge is 2.26. The normalized spacial score (nSPS) is 18.2. The molecule has 3 rings (SSSR count). The first-order valence-electron chi connectivity index (χ1n) is 7.72. The van der Waals surface area contributed by atoms with Gasteiger partial charge in [0.25, 0.3) is 5.91 Å². The fraction of sp³-hybridized carbons (Fsp3) is 0.500. The zero-order valence-corrected chi connectivity index (χ0v) is 14.2. The van der Waals surface area contributed by atoms with Gasteiger partial charge in [-0.05, 0) is 32.8 Å². The van der Waals surface area contributed by atoms with Crippen LogP contribution >= 0.6 is 11.3 Å². The fourth-order valence-corrected chi connectivity index (χ4v) is 3.45. The average molecular weight is 332 g/mol. The molecule has 1 aliphatic rings. The monoisotopic (exact) mass is 332 g/mol. The number of morpholine rings is 1. The second-order valence-electron chi connectivity index (χ2n) is 5.70. The molecule has 0 radical (unpaired) electrons. The molecule has 0 saturated carbocycles. The Balaban J connectivity index is 1.58. The smallest absolute Gasteiger partial charge is 0.266 e. The van der Waals surface area contributed by atoms with E-state index in [-0.39, 0.29) is 12.0 Å². The van der Waals surface area contributed by atoms with Gasteiger partial charge in [0, 0.05) is 24.5 Å². The molecule has 7 heteroatoms. The van der Waals surface area contributed by atoms with Crippen LogP contribution in [0.15, 0.2) is 17.9 Å². The molecule has 6 nitrogen and oxygen atoms in total. The molecule has 0 unspecified atom stereocenters. The molecule has 0 bridgehead atoms. The van der Waals surface area contributed by atoms with Crippen LogP contribution in [0.4, 0.5) is 0 Å². The minimum absolute atomic E-state index is 0.0520. The van der Waals surface area contributed by atoms with Gasteiger partial charge in [-0.3, -0.25) is 4.79 Å². The maximum Gasteiger partial charge on any atom is 0.266 e. The Bertz CT molecular complexity index is 688. The third-order valence-electron chi connectivity index (χ3n) is 3.95. The molecule has 1 aliphatic heterocycles. The summed E-state index contributed by atoms with van der Waals surface area (Å²) in [5.74, 6) is 0.0659. The number of thiazole rings is 1. The van der Waals surface area contributed by atoms with Gasteiger partial charge in [0.15, 0.2) is 0 Å². The number of hydrogen-bond acceptors (Lipinski definition) is 6. The number of carbonyl (C=O) groups is 1. The number of aryl methyl sites for hydroxylation is 3. The molecule has 0 aliphatic carbocycles. The lowest BCUT2D eigenvalue weighted by Gasteiger charge is -2.32. The van der Waals surface area contributed by atoms with Crippen LogP contribution in [0.2, 0.25) is 0 Å². The topological polar surface area (TPSA) is 68.2 Å². The molecular weight excluding hydrogens is 312 g/mol. The van der Waals surface area contributed by atoms with E-state index in [2.05, 4.69) is 15.0 Å². The number of hydrogen-bond donors (Lipinski definition) is 0. The number of amides is 1. The summed E-state index contributed by atoms with van der Waals surface area (Å²) < 4.78 is 5.81. The van der Waals surface area contributed by atoms with Crippen molar-refractivity contribution >= 4 is 17.2 Å². The number of carbonyl (C=O) groups excluding carboxylic acids is 1. The fourth-order valence-electron chi connectivity index (χ4n) is 2.68. The van der Waals surface area contributed by atoms with E-state index in [1.165, 1.54) is 11.3 Å². The van der Waals surface area contributed by atoms with Crippen LogP contribution in [0, 0.1) is 13.8 Å². The third kappa shape index (κ3) is 3.92. The molecule has 0 spiro atoms. The predicted molar refractivity (Wildman–Crippen MR) is 87.6 cm³/mol. The maximum atomic E-state index is 12.6. The summed E-state index contributed by atoms with van der Waals surface area (Å²) in [7, 11) is 0. The molecule has 3 heterocycles. The third-order valence-corrected chi connectivity index (χ3v) is 4.87. The first-order chi connectivity index (χ1) is 11.1. The lowest BCUT2D eigenvalue weighted by Crippen LogP contribution is -2.45. The van der Waals surface area contributed by atoms with Crippen LogP contribution in [0.25, 0.3) is 0 Å². The minimum atomic E-state index is 0.0520. The van der Waals surface area contributed by atoms with E-state index in [1.54, 1.807) is 11.8 Å². The second kappa shape index (κ2) is 7.14. The van der Waals surface area contributed by atoms with Crippen LogP contribution in [0.3, 0.4) is 0 Å². The highest BCUT2D eigenvalue weighted by atomic mass is 32.1. The molecule has 1 amide bonds. The SMILES string of the molecule is Cc1cc(CC[C@H]2CN(C(=O)c3scnc3C)CCO2)ncn1. The summed E-state index contributed by atoms with van der Waals surface area (Å²) in [4.78, 5) is 27.7. The second-order valence-corrected chi connectivity index (χ2v) is 6.56. The average Bonchev–Trinajstić information content (AvgIpc) is 2.99. The van der Waals surface area contributed by atoms with Crippen molar-refractivity contribution in [2.24, 2.45) is 0 Å². The summed E-state index contributed by atoms with van der Waals surface area (Å²) in [5, 5.41) is 0. The van der Waals surface area contributed by atoms with Gasteiger partial charge < -0.3 is 9.64 Å². The first kappa shape index (κ1) is 16.0. The summed E-state index contributed by atoms with van der Waals surface area (Å²) in [6.07, 6.45) is 3.32. The van der Waals surface area contributed by atoms with Crippen molar-refractivity contribution in [3.63, 3.8) is 0 Å². The van der Waals surface area contributed by atoms with Gasteiger partial charge >= 0.3 is 0 Å². The lowest BCUT2D eigenvalue weighted by atomic mass is 10.1. The zero-order valence-electron chi connectivity index (χ0n) is 13.4. The Morgan fingerprint density at radius 2 is 2.26 bits per heavy atom. The van der Waals surface area contributed by atoms with E-state index < -0.39 is 0 Å². The van der Waals surface area contributed by atoms with Gasteiger partial charge in [-0.1, -0.05) is 0 Å². The van der Waals surface area contributed by atoms with Gasteiger partial charge in [0.1, 0.15) is 11.2 Å². The van der Waals surface area contributed by atoms with Crippen molar-refractivity contribution in [1.82, 2.24) is 19.9 Å². The minimum Gasteiger partial charge on any atom is -0.375 e. The lowest BCUT2D eigenvalue weighted by molar-refractivity contribution is -0.0245. The van der Waals surface area contributed by atoms with Gasteiger partial charge in [-0.2, -0.15) is 0 Å². The molecular formula is C16H20N4O2S. The van der Waals surface area contributed by atoms with Crippen LogP contribution < -0.4 is 0 Å². The Labute approximate surface area is 139 Å². The molecule has 23 heavy (non-hydrogen) atoms. The van der Waals surface area contributed by atoms with Crippen LogP contribution in [-0.4, -0.2) is 51.6 Å². The number of nitrogens with zero attached hydrogens (tertiary/aromatic N) is 4. The van der Waals surface area contributed by atoms with E-state index >= 15 is 0 Å². The summed E-state index contributed by atoms with van der Waals surface area (Å²) in [6, 6.07) is 1.99. The molecule has 1 saturated heterocycles. The van der Waals surface area contributed by atoms with Gasteiger partial charge in [0.2, 0.25) is 0 Å². The summed E-state index contributed by atoms with van der Waals surface area (Å²) >= 11 is 1.40. The molecule has 122 valence electrons. The first-order valence-corrected chi connectivity index (χ1v) is 8.60. The number of aromatic nitrogens is 3. The van der Waals surface area contributed by atoms with Crippen molar-refractivity contribution in [2.75, 3.05) is 19.7 Å². The van der Waals surface area contributed by atoms with Crippen molar-refractivity contribution in [2.45, 2.75) is 32.8 Å². The zero-order chi connectivity index (χ0) is 16.2. The van der Waals surface area contributed by atoms with Crippen molar-refractivity contribution in [3.05, 3.63) is 39.9 Å². The Morgan fingerprint density at radius 1 is 1.39 bits per heavy atom. The summed E-state index contributed by atoms with van der Waals surface area (Å²) in [5.41, 5.74) is 4.51. The van der Waals surface area contributed by atoms with Crippen molar-refractivity contribution < 1.29 is 9.53 Å². The van der Waals surface area contributed by atoms with E-state index in [9.17, 15) is 4.79 Å². The highest BCUT2D eigenvalue weighted by molar-refractivity contribution is 7.11. The molecule has 0 aromatic carbocycles. The standard InChI is InChI=1S/C16H20N4O2S/c1-11-7-13(18-9-17-11)3-4-14-8-20(5-6-22-14)16(21)15-12(2)19-10-23-15/h7,9-10,14H,3-6,8H2,1-2H3/t14-/m0/s1. The molecule has 1 fully saturated rings. The van der Waals surface area contributed by atoms with Gasteiger partial charge in [-0.15, -0.1) is 11.3 Å². The summed E-state index contributed by atoms with van der Waals surface area (Å²) in [6.45, 7) is 5.68. The van der Waals surface area contributed by atoms with Crippen molar-refractivity contribution in [3.8, 4) is 0 Å². The Kier molecular flexibility index (Phi) is 4.97. The van der Waals surface area contributed by atoms with Crippen LogP contribution in [-0.2, 0) is 11.2 Å². The number of rotatable bonds is 4. The Hall–Kier alpha value is -1.86. The highest BCUT2D eigenvalue weighted by Crippen LogP contribution is 2.18. The van der Waals surface area contributed by atoms with E-state index in [0.717, 1.165) is 34.8 Å². The van der Waals surface area contributed by atoms with Crippen LogP contribution in [0.5, 0.6) is 0 Å². The molecule has 2 aromatic heterocycles.